The molecule has 0 saturated carbocycles. The first-order valence-electron chi connectivity index (χ1n) is 10.5. The number of hydrogen-bond acceptors (Lipinski definition) is 5. The van der Waals surface area contributed by atoms with Gasteiger partial charge in [0.1, 0.15) is 0 Å². The number of nitrogens with one attached hydrogen (secondary N) is 1. The van der Waals surface area contributed by atoms with E-state index in [1.54, 1.807) is 30.5 Å². The molecule has 5 nitrogen and oxygen atoms in total. The number of aromatic nitrogens is 1. The van der Waals surface area contributed by atoms with Gasteiger partial charge in [-0.25, -0.2) is 8.42 Å². The van der Waals surface area contributed by atoms with E-state index in [0.29, 0.717) is 9.79 Å². The first-order chi connectivity index (χ1) is 14.3. The van der Waals surface area contributed by atoms with Crippen LogP contribution in [-0.4, -0.2) is 39.6 Å². The molecule has 1 aliphatic rings. The quantitative estimate of drug-likeness (QED) is 0.685. The number of hydrogen-bond donors (Lipinski definition) is 1. The predicted molar refractivity (Wildman–Crippen MR) is 122 cm³/mol. The normalized spacial score (nSPS) is 15.9. The third-order valence-electron chi connectivity index (χ3n) is 5.71. The number of sulfone groups is 1. The van der Waals surface area contributed by atoms with Crippen LogP contribution in [-0.2, 0) is 15.3 Å². The van der Waals surface area contributed by atoms with Crippen molar-refractivity contribution in [2.75, 3.05) is 31.1 Å². The molecule has 4 rings (SSSR count). The van der Waals surface area contributed by atoms with Gasteiger partial charge in [-0.15, -0.1) is 0 Å². The summed E-state index contributed by atoms with van der Waals surface area (Å²) >= 11 is 0. The Labute approximate surface area is 179 Å². The highest BCUT2D eigenvalue weighted by Crippen LogP contribution is 2.31. The molecule has 158 valence electrons. The van der Waals surface area contributed by atoms with Crippen molar-refractivity contribution in [3.63, 3.8) is 0 Å². The van der Waals surface area contributed by atoms with E-state index in [2.05, 4.69) is 36.0 Å². The summed E-state index contributed by atoms with van der Waals surface area (Å²) in [7, 11) is -3.61. The lowest BCUT2D eigenvalue weighted by Gasteiger charge is -2.24. The molecule has 1 N–H and O–H groups in total. The van der Waals surface area contributed by atoms with Crippen LogP contribution in [0.15, 0.2) is 64.5 Å². The van der Waals surface area contributed by atoms with Crippen molar-refractivity contribution in [2.45, 2.75) is 42.4 Å². The van der Waals surface area contributed by atoms with Crippen molar-refractivity contribution in [1.82, 2.24) is 10.3 Å². The summed E-state index contributed by atoms with van der Waals surface area (Å²) in [5, 5.41) is 4.30. The van der Waals surface area contributed by atoms with Crippen LogP contribution in [0.3, 0.4) is 0 Å². The maximum absolute atomic E-state index is 13.3. The van der Waals surface area contributed by atoms with Gasteiger partial charge in [0.05, 0.1) is 15.3 Å². The highest BCUT2D eigenvalue weighted by atomic mass is 32.2. The van der Waals surface area contributed by atoms with Crippen LogP contribution in [0.2, 0.25) is 0 Å². The summed E-state index contributed by atoms with van der Waals surface area (Å²) < 4.78 is 26.7. The first-order valence-corrected chi connectivity index (χ1v) is 12.0. The Morgan fingerprint density at radius 2 is 1.67 bits per heavy atom. The van der Waals surface area contributed by atoms with Crippen LogP contribution in [0.25, 0.3) is 10.9 Å². The third-order valence-corrected chi connectivity index (χ3v) is 7.48. The monoisotopic (exact) mass is 423 g/mol. The number of pyridine rings is 1. The molecule has 1 saturated heterocycles. The van der Waals surface area contributed by atoms with E-state index >= 15 is 0 Å². The van der Waals surface area contributed by atoms with Crippen LogP contribution in [0.4, 0.5) is 5.69 Å². The largest absolute Gasteiger partial charge is 0.370 e. The van der Waals surface area contributed by atoms with Gasteiger partial charge in [-0.2, -0.15) is 0 Å². The minimum atomic E-state index is -3.61. The van der Waals surface area contributed by atoms with E-state index in [0.717, 1.165) is 54.8 Å². The first kappa shape index (κ1) is 20.8. The Hall–Kier alpha value is -2.44. The van der Waals surface area contributed by atoms with Crippen LogP contribution >= 0.6 is 0 Å². The number of benzene rings is 2. The van der Waals surface area contributed by atoms with Crippen molar-refractivity contribution >= 4 is 26.4 Å². The fraction of sp³-hybridized carbons (Fsp3) is 0.375. The van der Waals surface area contributed by atoms with Gasteiger partial charge >= 0.3 is 0 Å². The molecule has 0 radical (unpaired) electrons. The number of rotatable bonds is 3. The minimum Gasteiger partial charge on any atom is -0.370 e. The molecule has 2 heterocycles. The van der Waals surface area contributed by atoms with E-state index in [9.17, 15) is 8.42 Å². The second-order valence-electron chi connectivity index (χ2n) is 8.88. The van der Waals surface area contributed by atoms with Crippen LogP contribution in [0, 0.1) is 0 Å². The van der Waals surface area contributed by atoms with Crippen LogP contribution in [0.5, 0.6) is 0 Å². The zero-order valence-electron chi connectivity index (χ0n) is 17.9. The molecule has 30 heavy (non-hydrogen) atoms. The van der Waals surface area contributed by atoms with Crippen LogP contribution in [0.1, 0.15) is 32.8 Å². The maximum Gasteiger partial charge on any atom is 0.206 e. The molecule has 0 amide bonds. The van der Waals surface area contributed by atoms with E-state index in [1.165, 1.54) is 0 Å². The lowest BCUT2D eigenvalue weighted by molar-refractivity contribution is 0.586. The van der Waals surface area contributed by atoms with Gasteiger partial charge < -0.3 is 10.2 Å². The Balaban J connectivity index is 1.76. The van der Waals surface area contributed by atoms with Gasteiger partial charge in [0.2, 0.25) is 9.84 Å². The second kappa shape index (κ2) is 8.00. The fourth-order valence-corrected chi connectivity index (χ4v) is 5.20. The molecule has 0 bridgehead atoms. The third kappa shape index (κ3) is 4.07. The number of fused-ring (bicyclic) bond motifs is 1. The standard InChI is InChI=1S/C24H29N3O2S/c1-24(2,3)18-5-7-19(8-6-18)30(28,29)20-9-10-22-21(17-20)23(11-13-26-22)27-15-4-12-25-14-16-27/h5-11,13,17,25H,4,12,14-16H2,1-3H3. The lowest BCUT2D eigenvalue weighted by Crippen LogP contribution is -2.28. The van der Waals surface area contributed by atoms with E-state index in [1.807, 2.05) is 24.3 Å². The SMILES string of the molecule is CC(C)(C)c1ccc(S(=O)(=O)c2ccc3nccc(N4CCCNCC4)c3c2)cc1. The van der Waals surface area contributed by atoms with Gasteiger partial charge in [-0.1, -0.05) is 32.9 Å². The van der Waals surface area contributed by atoms with Gasteiger partial charge in [-0.3, -0.25) is 4.98 Å². The molecule has 1 aromatic heterocycles. The number of nitrogens with zero attached hydrogens (tertiary/aromatic N) is 2. The van der Waals surface area contributed by atoms with Gasteiger partial charge in [-0.05, 0) is 60.3 Å². The van der Waals surface area contributed by atoms with Gasteiger partial charge in [0, 0.05) is 36.9 Å². The molecule has 2 aromatic carbocycles. The molecule has 0 spiro atoms. The second-order valence-corrected chi connectivity index (χ2v) is 10.8. The summed E-state index contributed by atoms with van der Waals surface area (Å²) in [5.41, 5.74) is 2.95. The van der Waals surface area contributed by atoms with Crippen LogP contribution < -0.4 is 10.2 Å². The maximum atomic E-state index is 13.3. The molecule has 3 aromatic rings. The molecule has 1 fully saturated rings. The molecule has 0 unspecified atom stereocenters. The van der Waals surface area contributed by atoms with E-state index in [-0.39, 0.29) is 5.41 Å². The Bertz CT molecular complexity index is 1140. The predicted octanol–water partition coefficient (Wildman–Crippen LogP) is 4.16. The van der Waals surface area contributed by atoms with E-state index in [4.69, 9.17) is 0 Å². The molecule has 1 aliphatic heterocycles. The topological polar surface area (TPSA) is 62.3 Å². The minimum absolute atomic E-state index is 0.0200. The average molecular weight is 424 g/mol. The molecule has 0 aliphatic carbocycles. The van der Waals surface area contributed by atoms with Gasteiger partial charge in [0.25, 0.3) is 0 Å². The summed E-state index contributed by atoms with van der Waals surface area (Å²) in [6.45, 7) is 10.1. The van der Waals surface area contributed by atoms with Crippen molar-refractivity contribution in [1.29, 1.82) is 0 Å². The molecular weight excluding hydrogens is 394 g/mol. The summed E-state index contributed by atoms with van der Waals surface area (Å²) in [6.07, 6.45) is 2.86. The Morgan fingerprint density at radius 3 is 2.40 bits per heavy atom. The lowest BCUT2D eigenvalue weighted by atomic mass is 9.87. The van der Waals surface area contributed by atoms with Crippen molar-refractivity contribution in [2.24, 2.45) is 0 Å². The fourth-order valence-electron chi connectivity index (χ4n) is 3.91. The number of anilines is 1. The summed E-state index contributed by atoms with van der Waals surface area (Å²) in [6, 6.07) is 14.5. The molecular formula is C24H29N3O2S. The van der Waals surface area contributed by atoms with Crippen molar-refractivity contribution in [3.05, 3.63) is 60.3 Å². The smallest absolute Gasteiger partial charge is 0.206 e. The van der Waals surface area contributed by atoms with Gasteiger partial charge in [0.15, 0.2) is 0 Å². The zero-order chi connectivity index (χ0) is 21.4. The average Bonchev–Trinajstić information content (AvgIpc) is 3.02. The molecule has 6 heteroatoms. The highest BCUT2D eigenvalue weighted by Gasteiger charge is 2.21. The Kier molecular flexibility index (Phi) is 5.55. The van der Waals surface area contributed by atoms with E-state index < -0.39 is 9.84 Å². The molecule has 0 atom stereocenters. The Morgan fingerprint density at radius 1 is 0.933 bits per heavy atom. The van der Waals surface area contributed by atoms with Crippen molar-refractivity contribution in [3.8, 4) is 0 Å². The highest BCUT2D eigenvalue weighted by molar-refractivity contribution is 7.91. The summed E-state index contributed by atoms with van der Waals surface area (Å²) in [4.78, 5) is 7.40. The zero-order valence-corrected chi connectivity index (χ0v) is 18.7. The summed E-state index contributed by atoms with van der Waals surface area (Å²) in [5.74, 6) is 0. The van der Waals surface area contributed by atoms with Crippen molar-refractivity contribution < 1.29 is 8.42 Å².